The Bertz CT molecular complexity index is 896. The van der Waals surface area contributed by atoms with Crippen LogP contribution >= 0.6 is 11.8 Å². The third-order valence-corrected chi connectivity index (χ3v) is 7.06. The van der Waals surface area contributed by atoms with E-state index in [0.29, 0.717) is 11.7 Å². The Morgan fingerprint density at radius 1 is 1.06 bits per heavy atom. The van der Waals surface area contributed by atoms with Crippen LogP contribution in [0.25, 0.3) is 0 Å². The van der Waals surface area contributed by atoms with E-state index in [2.05, 4.69) is 32.2 Å². The topological polar surface area (TPSA) is 80.1 Å². The van der Waals surface area contributed by atoms with Crippen molar-refractivity contribution >= 4 is 23.6 Å². The summed E-state index contributed by atoms with van der Waals surface area (Å²) in [5.74, 6) is 0.223. The van der Waals surface area contributed by atoms with Crippen molar-refractivity contribution in [3.8, 4) is 0 Å². The van der Waals surface area contributed by atoms with Crippen molar-refractivity contribution in [2.75, 3.05) is 12.3 Å². The van der Waals surface area contributed by atoms with E-state index in [1.54, 1.807) is 4.90 Å². The maximum atomic E-state index is 13.2. The first kappa shape index (κ1) is 21.9. The largest absolute Gasteiger partial charge is 0.349 e. The molecular weight excluding hydrogens is 410 g/mol. The van der Waals surface area contributed by atoms with Crippen LogP contribution in [-0.2, 0) is 9.59 Å². The van der Waals surface area contributed by atoms with Crippen molar-refractivity contribution in [1.29, 1.82) is 0 Å². The van der Waals surface area contributed by atoms with Gasteiger partial charge in [0.2, 0.25) is 11.8 Å². The summed E-state index contributed by atoms with van der Waals surface area (Å²) in [6, 6.07) is 6.00. The summed E-state index contributed by atoms with van der Waals surface area (Å²) < 4.78 is 2.21. The van der Waals surface area contributed by atoms with Crippen LogP contribution < -0.4 is 5.32 Å². The highest BCUT2D eigenvalue weighted by molar-refractivity contribution is 7.99. The Morgan fingerprint density at radius 3 is 2.52 bits per heavy atom. The molecule has 166 valence electrons. The summed E-state index contributed by atoms with van der Waals surface area (Å²) in [5.41, 5.74) is 1.79. The van der Waals surface area contributed by atoms with Gasteiger partial charge in [-0.1, -0.05) is 24.6 Å². The summed E-state index contributed by atoms with van der Waals surface area (Å²) in [6.07, 6.45) is 10.1. The van der Waals surface area contributed by atoms with Gasteiger partial charge in [-0.3, -0.25) is 9.59 Å². The quantitative estimate of drug-likeness (QED) is 0.550. The second kappa shape index (κ2) is 9.85. The number of aryl methyl sites for hydroxylation is 2. The Hall–Kier alpha value is -2.35. The SMILES string of the molecule is Cc1cc(C)nc(SCC(=O)N2CCC[C@H]2C(=O)N[C@@H]2CCCCC2n2cccc2)n1. The molecule has 0 spiro atoms. The molecule has 0 radical (unpaired) electrons. The van der Waals surface area contributed by atoms with Crippen LogP contribution in [0, 0.1) is 13.8 Å². The predicted molar refractivity (Wildman–Crippen MR) is 121 cm³/mol. The fourth-order valence-corrected chi connectivity index (χ4v) is 5.62. The third-order valence-electron chi connectivity index (χ3n) is 6.23. The molecular formula is C23H31N5O2S. The van der Waals surface area contributed by atoms with Crippen molar-refractivity contribution in [1.82, 2.24) is 24.8 Å². The van der Waals surface area contributed by atoms with Crippen molar-refractivity contribution in [2.45, 2.75) is 75.7 Å². The number of carbonyl (C=O) groups is 2. The molecule has 7 nitrogen and oxygen atoms in total. The summed E-state index contributed by atoms with van der Waals surface area (Å²) in [6.45, 7) is 4.48. The molecule has 2 fully saturated rings. The van der Waals surface area contributed by atoms with Gasteiger partial charge in [0, 0.05) is 36.4 Å². The lowest BCUT2D eigenvalue weighted by Crippen LogP contribution is -2.51. The van der Waals surface area contributed by atoms with Crippen LogP contribution in [0.2, 0.25) is 0 Å². The number of amides is 2. The summed E-state index contributed by atoms with van der Waals surface area (Å²) in [4.78, 5) is 36.6. The number of nitrogens with zero attached hydrogens (tertiary/aromatic N) is 4. The molecule has 3 heterocycles. The van der Waals surface area contributed by atoms with Gasteiger partial charge in [-0.15, -0.1) is 0 Å². The summed E-state index contributed by atoms with van der Waals surface area (Å²) >= 11 is 1.34. The smallest absolute Gasteiger partial charge is 0.243 e. The molecule has 0 bridgehead atoms. The number of hydrogen-bond donors (Lipinski definition) is 1. The van der Waals surface area contributed by atoms with Crippen molar-refractivity contribution in [3.63, 3.8) is 0 Å². The average molecular weight is 442 g/mol. The molecule has 1 unspecified atom stereocenters. The van der Waals surface area contributed by atoms with Crippen molar-refractivity contribution < 1.29 is 9.59 Å². The fourth-order valence-electron chi connectivity index (χ4n) is 4.79. The molecule has 2 aliphatic rings. The molecule has 31 heavy (non-hydrogen) atoms. The molecule has 4 rings (SSSR count). The first-order chi connectivity index (χ1) is 15.0. The van der Waals surface area contributed by atoms with E-state index in [4.69, 9.17) is 0 Å². The van der Waals surface area contributed by atoms with Crippen molar-refractivity contribution in [2.24, 2.45) is 0 Å². The highest BCUT2D eigenvalue weighted by Crippen LogP contribution is 2.29. The van der Waals surface area contributed by atoms with E-state index in [1.165, 1.54) is 18.2 Å². The molecule has 1 aliphatic heterocycles. The lowest BCUT2D eigenvalue weighted by Gasteiger charge is -2.35. The zero-order chi connectivity index (χ0) is 21.8. The van der Waals surface area contributed by atoms with Gasteiger partial charge in [-0.05, 0) is 57.7 Å². The molecule has 1 aliphatic carbocycles. The Balaban J connectivity index is 1.36. The minimum atomic E-state index is -0.375. The Labute approximate surface area is 188 Å². The lowest BCUT2D eigenvalue weighted by molar-refractivity contribution is -0.137. The van der Waals surface area contributed by atoms with Crippen LogP contribution in [0.3, 0.4) is 0 Å². The van der Waals surface area contributed by atoms with E-state index >= 15 is 0 Å². The molecule has 1 N–H and O–H groups in total. The third kappa shape index (κ3) is 5.29. The van der Waals surface area contributed by atoms with E-state index in [1.807, 2.05) is 32.0 Å². The second-order valence-corrected chi connectivity index (χ2v) is 9.51. The number of aromatic nitrogens is 3. The lowest BCUT2D eigenvalue weighted by atomic mass is 9.90. The van der Waals surface area contributed by atoms with E-state index in [0.717, 1.165) is 43.5 Å². The number of nitrogens with one attached hydrogen (secondary N) is 1. The zero-order valence-electron chi connectivity index (χ0n) is 18.3. The number of hydrogen-bond acceptors (Lipinski definition) is 5. The predicted octanol–water partition coefficient (Wildman–Crippen LogP) is 3.28. The normalized spacial score (nSPS) is 23.7. The Kier molecular flexibility index (Phi) is 6.95. The molecule has 2 amide bonds. The first-order valence-electron chi connectivity index (χ1n) is 11.2. The van der Waals surface area contributed by atoms with Crippen LogP contribution in [0.5, 0.6) is 0 Å². The molecule has 8 heteroatoms. The maximum Gasteiger partial charge on any atom is 0.243 e. The average Bonchev–Trinajstić information content (AvgIpc) is 3.44. The highest BCUT2D eigenvalue weighted by atomic mass is 32.2. The van der Waals surface area contributed by atoms with Gasteiger partial charge in [-0.25, -0.2) is 9.97 Å². The van der Waals surface area contributed by atoms with Crippen LogP contribution in [0.15, 0.2) is 35.7 Å². The van der Waals surface area contributed by atoms with E-state index in [9.17, 15) is 9.59 Å². The number of carbonyl (C=O) groups excluding carboxylic acids is 2. The molecule has 1 saturated heterocycles. The summed E-state index contributed by atoms with van der Waals surface area (Å²) in [5, 5.41) is 3.90. The second-order valence-electron chi connectivity index (χ2n) is 8.56. The van der Waals surface area contributed by atoms with Gasteiger partial charge < -0.3 is 14.8 Å². The van der Waals surface area contributed by atoms with Gasteiger partial charge in [0.15, 0.2) is 5.16 Å². The number of rotatable bonds is 6. The monoisotopic (exact) mass is 441 g/mol. The summed E-state index contributed by atoms with van der Waals surface area (Å²) in [7, 11) is 0. The van der Waals surface area contributed by atoms with Gasteiger partial charge in [0.05, 0.1) is 11.8 Å². The minimum absolute atomic E-state index is 0.0115. The van der Waals surface area contributed by atoms with Gasteiger partial charge in [0.1, 0.15) is 6.04 Å². The fraction of sp³-hybridized carbons (Fsp3) is 0.565. The van der Waals surface area contributed by atoms with Crippen LogP contribution in [0.1, 0.15) is 56.0 Å². The van der Waals surface area contributed by atoms with Crippen LogP contribution in [0.4, 0.5) is 0 Å². The van der Waals surface area contributed by atoms with Gasteiger partial charge >= 0.3 is 0 Å². The molecule has 2 aromatic rings. The van der Waals surface area contributed by atoms with Crippen LogP contribution in [-0.4, -0.2) is 55.6 Å². The van der Waals surface area contributed by atoms with Gasteiger partial charge in [0.25, 0.3) is 0 Å². The standard InChI is InChI=1S/C23H31N5O2S/c1-16-14-17(2)25-23(24-16)31-15-21(29)28-13-7-10-20(28)22(30)26-18-8-3-4-9-19(18)27-11-5-6-12-27/h5-6,11-12,14,18-20H,3-4,7-10,13,15H2,1-2H3,(H,26,30)/t18-,19?,20+/m1/s1. The Morgan fingerprint density at radius 2 is 1.77 bits per heavy atom. The minimum Gasteiger partial charge on any atom is -0.349 e. The van der Waals surface area contributed by atoms with E-state index < -0.39 is 0 Å². The molecule has 3 atom stereocenters. The number of thioether (sulfide) groups is 1. The number of likely N-dealkylation sites (tertiary alicyclic amines) is 1. The van der Waals surface area contributed by atoms with Gasteiger partial charge in [-0.2, -0.15) is 0 Å². The first-order valence-corrected chi connectivity index (χ1v) is 12.2. The molecule has 0 aromatic carbocycles. The maximum absolute atomic E-state index is 13.2. The highest BCUT2D eigenvalue weighted by Gasteiger charge is 2.36. The van der Waals surface area contributed by atoms with Crippen molar-refractivity contribution in [3.05, 3.63) is 42.0 Å². The zero-order valence-corrected chi connectivity index (χ0v) is 19.1. The van der Waals surface area contributed by atoms with E-state index in [-0.39, 0.29) is 35.7 Å². The molecule has 2 aromatic heterocycles. The molecule has 1 saturated carbocycles.